The van der Waals surface area contributed by atoms with Crippen LogP contribution in [0.25, 0.3) is 11.3 Å². The summed E-state index contributed by atoms with van der Waals surface area (Å²) in [6.45, 7) is 1.25. The third-order valence-electron chi connectivity index (χ3n) is 5.11. The van der Waals surface area contributed by atoms with Crippen molar-refractivity contribution in [3.8, 4) is 17.0 Å². The number of nitrogens with zero attached hydrogens (tertiary/aromatic N) is 2. The lowest BCUT2D eigenvalue weighted by atomic mass is 9.98. The van der Waals surface area contributed by atoms with Gasteiger partial charge in [0.2, 0.25) is 0 Å². The fraction of sp³-hybridized carbons (Fsp3) is 0.273. The number of hydrogen-bond acceptors (Lipinski definition) is 4. The quantitative estimate of drug-likeness (QED) is 0.595. The van der Waals surface area contributed by atoms with Gasteiger partial charge < -0.3 is 9.64 Å². The lowest BCUT2D eigenvalue weighted by Gasteiger charge is -2.32. The summed E-state index contributed by atoms with van der Waals surface area (Å²) >= 11 is 1.54. The molecule has 0 spiro atoms. The molecule has 0 saturated carbocycles. The minimum atomic E-state index is -0.358. The topological polar surface area (TPSA) is 42.4 Å². The first-order valence-corrected chi connectivity index (χ1v) is 10.3. The summed E-state index contributed by atoms with van der Waals surface area (Å²) in [5.41, 5.74) is 1.97. The Kier molecular flexibility index (Phi) is 5.58. The minimum absolute atomic E-state index is 0.0910. The standard InChI is InChI=1S/C22H20F2N2O2S/c1-28-20-11-17(24)8-9-18(20)19-13-29-21(25-19)15-3-2-10-26(12-15)22(27)14-4-6-16(23)7-5-14/h4-9,11,13,15H,2-3,10,12H2,1H3/t15-/m1/s1. The van der Waals surface area contributed by atoms with Crippen molar-refractivity contribution < 1.29 is 18.3 Å². The maximum absolute atomic E-state index is 13.5. The largest absolute Gasteiger partial charge is 0.496 e. The predicted octanol–water partition coefficient (Wildman–Crippen LogP) is 5.12. The van der Waals surface area contributed by atoms with E-state index in [0.717, 1.165) is 29.1 Å². The number of halogens is 2. The van der Waals surface area contributed by atoms with E-state index in [1.165, 1.54) is 54.8 Å². The molecule has 0 bridgehead atoms. The summed E-state index contributed by atoms with van der Waals surface area (Å²) in [7, 11) is 1.51. The molecule has 0 unspecified atom stereocenters. The molecule has 2 aromatic carbocycles. The highest BCUT2D eigenvalue weighted by Crippen LogP contribution is 2.35. The molecule has 150 valence electrons. The maximum atomic E-state index is 13.5. The number of hydrogen-bond donors (Lipinski definition) is 0. The van der Waals surface area contributed by atoms with E-state index in [-0.39, 0.29) is 23.5 Å². The molecule has 1 saturated heterocycles. The van der Waals surface area contributed by atoms with Gasteiger partial charge in [0.05, 0.1) is 17.8 Å². The Morgan fingerprint density at radius 1 is 1.17 bits per heavy atom. The molecule has 0 aliphatic carbocycles. The first-order valence-electron chi connectivity index (χ1n) is 9.39. The van der Waals surface area contributed by atoms with Crippen molar-refractivity contribution in [1.82, 2.24) is 9.88 Å². The van der Waals surface area contributed by atoms with Crippen LogP contribution < -0.4 is 4.74 Å². The number of methoxy groups -OCH3 is 1. The van der Waals surface area contributed by atoms with Crippen molar-refractivity contribution >= 4 is 17.2 Å². The summed E-state index contributed by atoms with van der Waals surface area (Å²) in [6.07, 6.45) is 1.83. The Hall–Kier alpha value is -2.80. The first-order chi connectivity index (χ1) is 14.0. The van der Waals surface area contributed by atoms with Gasteiger partial charge in [0, 0.05) is 41.6 Å². The normalized spacial score (nSPS) is 16.7. The molecule has 7 heteroatoms. The molecule has 3 aromatic rings. The van der Waals surface area contributed by atoms with Crippen LogP contribution in [-0.4, -0.2) is 36.0 Å². The van der Waals surface area contributed by atoms with E-state index in [1.807, 2.05) is 5.38 Å². The number of piperidine rings is 1. The van der Waals surface area contributed by atoms with Crippen LogP contribution in [0, 0.1) is 11.6 Å². The van der Waals surface area contributed by atoms with Gasteiger partial charge >= 0.3 is 0 Å². The van der Waals surface area contributed by atoms with Crippen molar-refractivity contribution in [2.75, 3.05) is 20.2 Å². The molecule has 0 radical (unpaired) electrons. The number of likely N-dealkylation sites (tertiary alicyclic amines) is 1. The average Bonchev–Trinajstić information content (AvgIpc) is 3.24. The van der Waals surface area contributed by atoms with Gasteiger partial charge in [-0.3, -0.25) is 4.79 Å². The molecule has 1 atom stereocenters. The number of carbonyl (C=O) groups is 1. The SMILES string of the molecule is COc1cc(F)ccc1-c1csc([C@@H]2CCCN(C(=O)c3ccc(F)cc3)C2)n1. The molecule has 1 amide bonds. The lowest BCUT2D eigenvalue weighted by Crippen LogP contribution is -2.39. The summed E-state index contributed by atoms with van der Waals surface area (Å²) in [5, 5.41) is 2.88. The third-order valence-corrected chi connectivity index (χ3v) is 6.12. The van der Waals surface area contributed by atoms with Crippen LogP contribution in [0.3, 0.4) is 0 Å². The number of carbonyl (C=O) groups excluding carboxylic acids is 1. The van der Waals surface area contributed by atoms with E-state index in [9.17, 15) is 13.6 Å². The minimum Gasteiger partial charge on any atom is -0.496 e. The molecule has 1 aliphatic rings. The molecule has 1 fully saturated rings. The smallest absolute Gasteiger partial charge is 0.253 e. The molecule has 0 N–H and O–H groups in total. The van der Waals surface area contributed by atoms with Crippen LogP contribution in [0.4, 0.5) is 8.78 Å². The van der Waals surface area contributed by atoms with Crippen molar-refractivity contribution in [1.29, 1.82) is 0 Å². The van der Waals surface area contributed by atoms with E-state index in [1.54, 1.807) is 11.0 Å². The van der Waals surface area contributed by atoms with Crippen LogP contribution in [-0.2, 0) is 0 Å². The van der Waals surface area contributed by atoms with Gasteiger partial charge in [-0.1, -0.05) is 0 Å². The van der Waals surface area contributed by atoms with E-state index >= 15 is 0 Å². The van der Waals surface area contributed by atoms with Gasteiger partial charge in [-0.25, -0.2) is 13.8 Å². The second-order valence-electron chi connectivity index (χ2n) is 7.01. The molecule has 1 aromatic heterocycles. The highest BCUT2D eigenvalue weighted by molar-refractivity contribution is 7.10. The van der Waals surface area contributed by atoms with Gasteiger partial charge in [-0.2, -0.15) is 0 Å². The van der Waals surface area contributed by atoms with Crippen molar-refractivity contribution in [2.24, 2.45) is 0 Å². The highest BCUT2D eigenvalue weighted by atomic mass is 32.1. The molecule has 2 heterocycles. The van der Waals surface area contributed by atoms with E-state index in [4.69, 9.17) is 9.72 Å². The molecule has 4 nitrogen and oxygen atoms in total. The van der Waals surface area contributed by atoms with Crippen molar-refractivity contribution in [3.05, 3.63) is 70.1 Å². The van der Waals surface area contributed by atoms with Crippen LogP contribution >= 0.6 is 11.3 Å². The van der Waals surface area contributed by atoms with Gasteiger partial charge in [0.15, 0.2) is 0 Å². The molecular weight excluding hydrogens is 394 g/mol. The Balaban J connectivity index is 1.52. The monoisotopic (exact) mass is 414 g/mol. The first kappa shape index (κ1) is 19.5. The highest BCUT2D eigenvalue weighted by Gasteiger charge is 2.27. The summed E-state index contributed by atoms with van der Waals surface area (Å²) in [4.78, 5) is 19.3. The zero-order chi connectivity index (χ0) is 20.4. The molecular formula is C22H20F2N2O2S. The third kappa shape index (κ3) is 4.15. The van der Waals surface area contributed by atoms with E-state index in [0.29, 0.717) is 24.4 Å². The fourth-order valence-corrected chi connectivity index (χ4v) is 4.56. The summed E-state index contributed by atoms with van der Waals surface area (Å²) < 4.78 is 31.9. The molecule has 1 aliphatic heterocycles. The van der Waals surface area contributed by atoms with Crippen LogP contribution in [0.15, 0.2) is 47.8 Å². The Bertz CT molecular complexity index is 1020. The van der Waals surface area contributed by atoms with E-state index in [2.05, 4.69) is 0 Å². The summed E-state index contributed by atoms with van der Waals surface area (Å²) in [6, 6.07) is 10.0. The molecule has 29 heavy (non-hydrogen) atoms. The predicted molar refractivity (Wildman–Crippen MR) is 108 cm³/mol. The molecule has 4 rings (SSSR count). The zero-order valence-corrected chi connectivity index (χ0v) is 16.7. The van der Waals surface area contributed by atoms with Crippen molar-refractivity contribution in [2.45, 2.75) is 18.8 Å². The van der Waals surface area contributed by atoms with Gasteiger partial charge in [0.25, 0.3) is 5.91 Å². The Morgan fingerprint density at radius 3 is 2.69 bits per heavy atom. The van der Waals surface area contributed by atoms with E-state index < -0.39 is 0 Å². The average molecular weight is 414 g/mol. The lowest BCUT2D eigenvalue weighted by molar-refractivity contribution is 0.0707. The van der Waals surface area contributed by atoms with Crippen LogP contribution in [0.5, 0.6) is 5.75 Å². The van der Waals surface area contributed by atoms with Crippen LogP contribution in [0.2, 0.25) is 0 Å². The summed E-state index contributed by atoms with van der Waals surface area (Å²) in [5.74, 6) is -0.225. The Labute approximate surface area is 171 Å². The number of rotatable bonds is 4. The number of ether oxygens (including phenoxy) is 1. The second kappa shape index (κ2) is 8.29. The van der Waals surface area contributed by atoms with Gasteiger partial charge in [0.1, 0.15) is 17.4 Å². The Morgan fingerprint density at radius 2 is 1.93 bits per heavy atom. The number of benzene rings is 2. The number of thiazole rings is 1. The van der Waals surface area contributed by atoms with Crippen molar-refractivity contribution in [3.63, 3.8) is 0 Å². The maximum Gasteiger partial charge on any atom is 0.253 e. The zero-order valence-electron chi connectivity index (χ0n) is 15.9. The fourth-order valence-electron chi connectivity index (χ4n) is 3.61. The number of amides is 1. The van der Waals surface area contributed by atoms with Gasteiger partial charge in [-0.05, 0) is 49.2 Å². The van der Waals surface area contributed by atoms with Gasteiger partial charge in [-0.15, -0.1) is 11.3 Å². The number of aromatic nitrogens is 1. The second-order valence-corrected chi connectivity index (χ2v) is 7.90. The van der Waals surface area contributed by atoms with Crippen LogP contribution in [0.1, 0.15) is 34.1 Å².